The topological polar surface area (TPSA) is 17.1 Å². The highest BCUT2D eigenvalue weighted by molar-refractivity contribution is 5.81. The van der Waals surface area contributed by atoms with Crippen LogP contribution in [0.5, 0.6) is 0 Å². The van der Waals surface area contributed by atoms with E-state index in [9.17, 15) is 18.0 Å². The zero-order valence-electron chi connectivity index (χ0n) is 11.7. The van der Waals surface area contributed by atoms with E-state index in [1.165, 1.54) is 0 Å². The molecule has 0 radical (unpaired) electrons. The highest BCUT2D eigenvalue weighted by atomic mass is 19.4. The summed E-state index contributed by atoms with van der Waals surface area (Å²) in [7, 11) is 0. The van der Waals surface area contributed by atoms with Gasteiger partial charge in [-0.25, -0.2) is 0 Å². The second-order valence-corrected chi connectivity index (χ2v) is 6.16. The van der Waals surface area contributed by atoms with Crippen molar-refractivity contribution in [1.82, 2.24) is 0 Å². The fourth-order valence-corrected chi connectivity index (χ4v) is 2.01. The predicted octanol–water partition coefficient (Wildman–Crippen LogP) is 4.56. The lowest BCUT2D eigenvalue weighted by molar-refractivity contribution is -0.137. The van der Waals surface area contributed by atoms with Crippen LogP contribution in [0, 0.1) is 12.3 Å². The molecule has 0 amide bonds. The van der Waals surface area contributed by atoms with E-state index in [4.69, 9.17) is 0 Å². The molecular weight excluding hydrogens is 253 g/mol. The normalized spacial score (nSPS) is 12.6. The van der Waals surface area contributed by atoms with Gasteiger partial charge in [0.25, 0.3) is 0 Å². The molecule has 4 heteroatoms. The van der Waals surface area contributed by atoms with Crippen molar-refractivity contribution in [1.29, 1.82) is 0 Å². The van der Waals surface area contributed by atoms with E-state index in [2.05, 4.69) is 0 Å². The van der Waals surface area contributed by atoms with Gasteiger partial charge in [0.15, 0.2) is 0 Å². The van der Waals surface area contributed by atoms with Gasteiger partial charge in [-0.3, -0.25) is 4.79 Å². The fraction of sp³-hybridized carbons (Fsp3) is 0.533. The summed E-state index contributed by atoms with van der Waals surface area (Å²) >= 11 is 0. The molecule has 0 aliphatic heterocycles. The highest BCUT2D eigenvalue weighted by Gasteiger charge is 2.31. The first-order valence-corrected chi connectivity index (χ1v) is 6.17. The van der Waals surface area contributed by atoms with Crippen molar-refractivity contribution in [2.24, 2.45) is 5.41 Å². The number of carbonyl (C=O) groups excluding carboxylic acids is 1. The van der Waals surface area contributed by atoms with E-state index >= 15 is 0 Å². The molecule has 1 aromatic carbocycles. The number of benzene rings is 1. The Hall–Kier alpha value is -1.32. The molecule has 0 heterocycles. The first kappa shape index (κ1) is 15.7. The van der Waals surface area contributed by atoms with E-state index in [0.29, 0.717) is 17.5 Å². The Morgan fingerprint density at radius 1 is 1.11 bits per heavy atom. The van der Waals surface area contributed by atoms with Gasteiger partial charge in [0.1, 0.15) is 5.78 Å². The SMILES string of the molecule is Cc1cc(CC(=O)CC(C)(C)C)cc(C(F)(F)F)c1. The average Bonchev–Trinajstić information content (AvgIpc) is 2.11. The number of ketones is 1. The molecule has 0 saturated heterocycles. The van der Waals surface area contributed by atoms with Gasteiger partial charge in [-0.05, 0) is 30.0 Å². The Labute approximate surface area is 111 Å². The van der Waals surface area contributed by atoms with Crippen LogP contribution in [-0.4, -0.2) is 5.78 Å². The number of hydrogen-bond acceptors (Lipinski definition) is 1. The van der Waals surface area contributed by atoms with Crippen LogP contribution in [-0.2, 0) is 17.4 Å². The van der Waals surface area contributed by atoms with Crippen LogP contribution in [0.4, 0.5) is 13.2 Å². The number of Topliss-reactive ketones (excluding diaryl/α,β-unsaturated/α-hetero) is 1. The van der Waals surface area contributed by atoms with Crippen molar-refractivity contribution >= 4 is 5.78 Å². The Kier molecular flexibility index (Phi) is 4.43. The van der Waals surface area contributed by atoms with E-state index in [-0.39, 0.29) is 17.6 Å². The first-order chi connectivity index (χ1) is 8.47. The summed E-state index contributed by atoms with van der Waals surface area (Å²) in [6, 6.07) is 3.79. The fourth-order valence-electron chi connectivity index (χ4n) is 2.01. The summed E-state index contributed by atoms with van der Waals surface area (Å²) in [5.41, 5.74) is 0.120. The second kappa shape index (κ2) is 5.35. The van der Waals surface area contributed by atoms with Gasteiger partial charge in [0.05, 0.1) is 5.56 Å². The van der Waals surface area contributed by atoms with Crippen LogP contribution in [0.15, 0.2) is 18.2 Å². The zero-order valence-corrected chi connectivity index (χ0v) is 11.7. The Morgan fingerprint density at radius 3 is 2.16 bits per heavy atom. The monoisotopic (exact) mass is 272 g/mol. The van der Waals surface area contributed by atoms with Gasteiger partial charge in [0.2, 0.25) is 0 Å². The Balaban J connectivity index is 2.91. The Bertz CT molecular complexity index is 467. The van der Waals surface area contributed by atoms with Crippen LogP contribution in [0.25, 0.3) is 0 Å². The number of hydrogen-bond donors (Lipinski definition) is 0. The molecule has 1 nitrogen and oxygen atoms in total. The molecule has 0 aliphatic carbocycles. The van der Waals surface area contributed by atoms with Gasteiger partial charge in [-0.15, -0.1) is 0 Å². The summed E-state index contributed by atoms with van der Waals surface area (Å²) in [6.45, 7) is 7.40. The standard InChI is InChI=1S/C15H19F3O/c1-10-5-11(7-12(6-10)15(16,17)18)8-13(19)9-14(2,3)4/h5-7H,8-9H2,1-4H3. The lowest BCUT2D eigenvalue weighted by Crippen LogP contribution is -2.15. The van der Waals surface area contributed by atoms with Crippen molar-refractivity contribution in [3.8, 4) is 0 Å². The number of carbonyl (C=O) groups is 1. The molecule has 0 bridgehead atoms. The van der Waals surface area contributed by atoms with Gasteiger partial charge in [0, 0.05) is 12.8 Å². The molecule has 0 unspecified atom stereocenters. The maximum Gasteiger partial charge on any atom is 0.416 e. The van der Waals surface area contributed by atoms with Gasteiger partial charge in [-0.1, -0.05) is 32.4 Å². The quantitative estimate of drug-likeness (QED) is 0.788. The average molecular weight is 272 g/mol. The molecule has 0 N–H and O–H groups in total. The minimum absolute atomic E-state index is 0.0359. The van der Waals surface area contributed by atoms with E-state index < -0.39 is 11.7 Å². The number of rotatable bonds is 3. The van der Waals surface area contributed by atoms with Gasteiger partial charge >= 0.3 is 6.18 Å². The number of aryl methyl sites for hydroxylation is 1. The predicted molar refractivity (Wildman–Crippen MR) is 69.0 cm³/mol. The number of halogens is 3. The first-order valence-electron chi connectivity index (χ1n) is 6.17. The van der Waals surface area contributed by atoms with Crippen LogP contribution >= 0.6 is 0 Å². The summed E-state index contributed by atoms with van der Waals surface area (Å²) in [5.74, 6) is -0.0359. The third kappa shape index (κ3) is 5.45. The van der Waals surface area contributed by atoms with Crippen molar-refractivity contribution in [3.05, 3.63) is 34.9 Å². The summed E-state index contributed by atoms with van der Waals surface area (Å²) in [6.07, 6.45) is -3.95. The van der Waals surface area contributed by atoms with E-state index in [1.807, 2.05) is 20.8 Å². The van der Waals surface area contributed by atoms with Crippen molar-refractivity contribution < 1.29 is 18.0 Å². The zero-order chi connectivity index (χ0) is 14.8. The molecule has 0 fully saturated rings. The molecule has 106 valence electrons. The van der Waals surface area contributed by atoms with Crippen LogP contribution in [0.3, 0.4) is 0 Å². The molecular formula is C15H19F3O. The van der Waals surface area contributed by atoms with Crippen LogP contribution in [0.1, 0.15) is 43.9 Å². The smallest absolute Gasteiger partial charge is 0.299 e. The molecule has 1 rings (SSSR count). The van der Waals surface area contributed by atoms with E-state index in [0.717, 1.165) is 12.1 Å². The van der Waals surface area contributed by atoms with Crippen molar-refractivity contribution in [2.45, 2.75) is 46.7 Å². The lowest BCUT2D eigenvalue weighted by atomic mass is 9.88. The molecule has 0 aromatic heterocycles. The molecule has 0 spiro atoms. The van der Waals surface area contributed by atoms with Crippen molar-refractivity contribution in [3.63, 3.8) is 0 Å². The third-order valence-corrected chi connectivity index (χ3v) is 2.59. The maximum atomic E-state index is 12.7. The molecule has 0 atom stereocenters. The molecule has 0 aliphatic rings. The molecule has 0 saturated carbocycles. The minimum atomic E-state index is -4.37. The summed E-state index contributed by atoms with van der Waals surface area (Å²) in [4.78, 5) is 11.8. The molecule has 19 heavy (non-hydrogen) atoms. The summed E-state index contributed by atoms with van der Waals surface area (Å²) in [5, 5.41) is 0. The number of alkyl halides is 3. The third-order valence-electron chi connectivity index (χ3n) is 2.59. The van der Waals surface area contributed by atoms with Crippen LogP contribution in [0.2, 0.25) is 0 Å². The largest absolute Gasteiger partial charge is 0.416 e. The second-order valence-electron chi connectivity index (χ2n) is 6.16. The van der Waals surface area contributed by atoms with Crippen molar-refractivity contribution in [2.75, 3.05) is 0 Å². The Morgan fingerprint density at radius 2 is 1.68 bits per heavy atom. The minimum Gasteiger partial charge on any atom is -0.299 e. The summed E-state index contributed by atoms with van der Waals surface area (Å²) < 4.78 is 38.0. The van der Waals surface area contributed by atoms with Crippen LogP contribution < -0.4 is 0 Å². The van der Waals surface area contributed by atoms with Gasteiger partial charge < -0.3 is 0 Å². The van der Waals surface area contributed by atoms with Gasteiger partial charge in [-0.2, -0.15) is 13.2 Å². The maximum absolute atomic E-state index is 12.7. The molecule has 1 aromatic rings. The highest BCUT2D eigenvalue weighted by Crippen LogP contribution is 2.31. The van der Waals surface area contributed by atoms with E-state index in [1.54, 1.807) is 13.0 Å². The lowest BCUT2D eigenvalue weighted by Gasteiger charge is -2.17.